The smallest absolute Gasteiger partial charge is 0.349 e. The molecule has 4 aromatic carbocycles. The molecule has 0 bridgehead atoms. The van der Waals surface area contributed by atoms with E-state index < -0.39 is 0 Å². The largest absolute Gasteiger partial charge is 2.00 e. The number of allylic oxidation sites excluding steroid dienone is 20. The summed E-state index contributed by atoms with van der Waals surface area (Å²) in [7, 11) is 0. The minimum atomic E-state index is -0.172. The summed E-state index contributed by atoms with van der Waals surface area (Å²) >= 11 is 2.02. The van der Waals surface area contributed by atoms with E-state index in [1.165, 1.54) is 83.1 Å². The summed E-state index contributed by atoms with van der Waals surface area (Å²) in [5, 5.41) is 0.354. The van der Waals surface area contributed by atoms with Crippen molar-refractivity contribution in [2.24, 2.45) is 0 Å². The Kier molecular flexibility index (Phi) is 39.0. The fraction of sp³-hybridized carbons (Fsp3) is 0.359. The van der Waals surface area contributed by atoms with E-state index in [0.717, 1.165) is 51.5 Å². The van der Waals surface area contributed by atoms with Crippen LogP contribution in [0.25, 0.3) is 5.57 Å². The second kappa shape index (κ2) is 42.0. The molecule has 0 fully saturated rings. The van der Waals surface area contributed by atoms with Gasteiger partial charge >= 0.3 is 21.1 Å². The van der Waals surface area contributed by atoms with E-state index in [1.54, 1.807) is 18.2 Å². The Balaban J connectivity index is 0.00000315. The SMILES string of the molecule is C#C/C=C(\C)Cc1ccc(N(Cc2ccc[c-]c2C)c2ccc3c(c2)C2(C/C(=C\C)c4ccccc4C2)/C(=C/C=C\CC)C(C)S3)cc1C(C)(C)C/C(C)=C/CCC(/C=C\C)=C/C.C=CC=C.C=[C-]/C=C\C=C/C.CC.CC.CC.[W+2]. The number of fused-ring (bicyclic) bond motifs is 3. The average Bonchev–Trinajstić information content (AvgIpc) is 3.57. The Labute approximate surface area is 516 Å². The molecule has 0 aromatic heterocycles. The number of anilines is 2. The van der Waals surface area contributed by atoms with Crippen LogP contribution in [0.2, 0.25) is 0 Å². The van der Waals surface area contributed by atoms with Gasteiger partial charge in [-0.1, -0.05) is 196 Å². The van der Waals surface area contributed by atoms with Crippen LogP contribution < -0.4 is 4.90 Å². The van der Waals surface area contributed by atoms with E-state index in [2.05, 4.69) is 233 Å². The van der Waals surface area contributed by atoms with Crippen molar-refractivity contribution in [2.45, 2.75) is 190 Å². The summed E-state index contributed by atoms with van der Waals surface area (Å²) in [4.78, 5) is 3.96. The second-order valence-electron chi connectivity index (χ2n) is 20.0. The van der Waals surface area contributed by atoms with E-state index in [4.69, 9.17) is 6.42 Å². The summed E-state index contributed by atoms with van der Waals surface area (Å²) in [5.74, 6) is 2.78. The molecule has 0 radical (unpaired) electrons. The molecule has 0 N–H and O–H groups in total. The number of hydrogen-bond acceptors (Lipinski definition) is 2. The molecule has 1 aliphatic carbocycles. The Morgan fingerprint density at radius 1 is 0.864 bits per heavy atom. The molecule has 2 aliphatic rings. The molecule has 0 amide bonds. The van der Waals surface area contributed by atoms with Crippen LogP contribution in [0.1, 0.15) is 182 Å². The van der Waals surface area contributed by atoms with Crippen molar-refractivity contribution in [2.75, 3.05) is 4.90 Å². The Hall–Kier alpha value is -5.84. The predicted molar refractivity (Wildman–Crippen MR) is 364 cm³/mol. The van der Waals surface area contributed by atoms with Crippen LogP contribution in [-0.2, 0) is 51.3 Å². The molecule has 81 heavy (non-hydrogen) atoms. The van der Waals surface area contributed by atoms with E-state index >= 15 is 0 Å². The number of benzene rings is 4. The van der Waals surface area contributed by atoms with E-state index in [1.807, 2.05) is 90.6 Å². The van der Waals surface area contributed by atoms with E-state index in [9.17, 15) is 0 Å². The summed E-state index contributed by atoms with van der Waals surface area (Å²) in [6.45, 7) is 47.4. The van der Waals surface area contributed by atoms with Gasteiger partial charge in [-0.3, -0.25) is 6.08 Å². The molecular weight excluding hydrogens is 1170 g/mol. The third-order valence-electron chi connectivity index (χ3n) is 13.9. The zero-order chi connectivity index (χ0) is 60.1. The Morgan fingerprint density at radius 2 is 1.54 bits per heavy atom. The van der Waals surface area contributed by atoms with Crippen molar-refractivity contribution in [1.29, 1.82) is 0 Å². The van der Waals surface area contributed by atoms with Gasteiger partial charge in [-0.15, -0.1) is 35.9 Å². The van der Waals surface area contributed by atoms with Gasteiger partial charge in [-0.2, -0.15) is 36.4 Å². The molecule has 0 saturated carbocycles. The monoisotopic (exact) mass is 1270 g/mol. The summed E-state index contributed by atoms with van der Waals surface area (Å²) in [5.41, 5.74) is 18.5. The fourth-order valence-electron chi connectivity index (χ4n) is 10.4. The maximum absolute atomic E-state index is 5.81. The van der Waals surface area contributed by atoms with Gasteiger partial charge in [0.15, 0.2) is 0 Å². The zero-order valence-electron chi connectivity index (χ0n) is 53.4. The maximum Gasteiger partial charge on any atom is 2.00 e. The van der Waals surface area contributed by atoms with Crippen molar-refractivity contribution in [1.82, 2.24) is 0 Å². The second-order valence-corrected chi connectivity index (χ2v) is 21.3. The van der Waals surface area contributed by atoms with Gasteiger partial charge in [-0.05, 0) is 174 Å². The molecule has 0 saturated heterocycles. The van der Waals surface area contributed by atoms with Gasteiger partial charge in [0.25, 0.3) is 0 Å². The Morgan fingerprint density at radius 3 is 2.15 bits per heavy atom. The van der Waals surface area contributed by atoms with Gasteiger partial charge in [0.05, 0.1) is 0 Å². The van der Waals surface area contributed by atoms with Crippen LogP contribution in [0.3, 0.4) is 0 Å². The van der Waals surface area contributed by atoms with Crippen molar-refractivity contribution < 1.29 is 21.1 Å². The van der Waals surface area contributed by atoms with Gasteiger partial charge in [0.1, 0.15) is 0 Å². The summed E-state index contributed by atoms with van der Waals surface area (Å²) < 4.78 is 0. The molecule has 1 aliphatic heterocycles. The number of thioether (sulfide) groups is 1. The topological polar surface area (TPSA) is 3.24 Å². The molecule has 3 heteroatoms. The molecule has 4 aromatic rings. The fourth-order valence-corrected chi connectivity index (χ4v) is 11.7. The van der Waals surface area contributed by atoms with Crippen molar-refractivity contribution in [3.63, 3.8) is 0 Å². The summed E-state index contributed by atoms with van der Waals surface area (Å²) in [6.07, 6.45) is 46.5. The molecule has 6 rings (SSSR count). The van der Waals surface area contributed by atoms with Crippen LogP contribution >= 0.6 is 11.8 Å². The first-order chi connectivity index (χ1) is 38.7. The minimum Gasteiger partial charge on any atom is -0.349 e. The van der Waals surface area contributed by atoms with Crippen molar-refractivity contribution in [3.05, 3.63) is 263 Å². The van der Waals surface area contributed by atoms with Gasteiger partial charge in [0.2, 0.25) is 0 Å². The molecule has 2 atom stereocenters. The normalized spacial score (nSPS) is 16.6. The third kappa shape index (κ3) is 23.1. The van der Waals surface area contributed by atoms with Crippen LogP contribution in [0.4, 0.5) is 11.4 Å². The first-order valence-corrected chi connectivity index (χ1v) is 30.5. The first-order valence-electron chi connectivity index (χ1n) is 29.6. The number of hydrogen-bond donors (Lipinski definition) is 0. The number of aryl methyl sites for hydroxylation is 1. The average molecular weight is 1270 g/mol. The van der Waals surface area contributed by atoms with Crippen LogP contribution in [0.15, 0.2) is 217 Å². The van der Waals surface area contributed by atoms with Gasteiger partial charge < -0.3 is 4.90 Å². The third-order valence-corrected chi connectivity index (χ3v) is 15.2. The first kappa shape index (κ1) is 75.2. The maximum atomic E-state index is 5.81. The standard InChI is InChI=1S/C61H70NS.C7H9.C4H6.3C2H6.W/c1-12-17-18-32-56-47(9)63-59-36-35-54(39-58(59)61(56)41-49(16-5)55-31-22-21-29-51(55)42-61)62(43-52-30-20-19-27-46(52)8)53-34-33-50(37-44(6)24-13-2)57(38-53)60(10,11)40-45(7)26-23-28-48(15-4)25-14-3;1-3-5-7-6-4-2;1-3-4-2;3*1-2;/h2,14-22,24-26,29-36,38-39,47H,12,23,28,37,40-43H2,1,3-11H3;4-7H,1H2,2H3;3-4H,1-2H2;3*1-2H3;/q2*-1;;;;;+2/b18-17-,25-14-,44-24+,45-26+,48-15+,49-16+,56-32+;6-4-,7-5-;;;;;. The number of terminal acetylenes is 1. The van der Waals surface area contributed by atoms with E-state index in [-0.39, 0.29) is 31.9 Å². The number of rotatable bonds is 18. The van der Waals surface area contributed by atoms with Gasteiger partial charge in [0, 0.05) is 33.5 Å². The molecule has 2 unspecified atom stereocenters. The van der Waals surface area contributed by atoms with Gasteiger partial charge in [-0.25, -0.2) is 12.2 Å². The van der Waals surface area contributed by atoms with Crippen molar-refractivity contribution >= 4 is 28.7 Å². The molecular formula is C78H103NSW. The van der Waals surface area contributed by atoms with Crippen LogP contribution in [-0.4, -0.2) is 5.25 Å². The Bertz CT molecular complexity index is 2850. The van der Waals surface area contributed by atoms with Crippen LogP contribution in [0.5, 0.6) is 0 Å². The minimum absolute atomic E-state index is 0. The predicted octanol–water partition coefficient (Wildman–Crippen LogP) is 23.4. The summed E-state index contributed by atoms with van der Waals surface area (Å²) in [6, 6.07) is 33.6. The van der Waals surface area contributed by atoms with E-state index in [0.29, 0.717) is 5.25 Å². The molecule has 432 valence electrons. The van der Waals surface area contributed by atoms with Crippen molar-refractivity contribution in [3.8, 4) is 12.3 Å². The molecule has 1 spiro atoms. The molecule has 1 heterocycles. The van der Waals surface area contributed by atoms with Crippen LogP contribution in [0, 0.1) is 31.4 Å². The zero-order valence-corrected chi connectivity index (χ0v) is 57.1. The molecule has 1 nitrogen and oxygen atoms in total. The quantitative estimate of drug-likeness (QED) is 0.0423. The number of nitrogens with zero attached hydrogens (tertiary/aromatic N) is 1.